The van der Waals surface area contributed by atoms with E-state index in [0.29, 0.717) is 9.23 Å². The first-order chi connectivity index (χ1) is 10.2. The van der Waals surface area contributed by atoms with Crippen molar-refractivity contribution in [3.05, 3.63) is 57.1 Å². The van der Waals surface area contributed by atoms with Gasteiger partial charge >= 0.3 is 0 Å². The van der Waals surface area contributed by atoms with Crippen molar-refractivity contribution in [1.82, 2.24) is 0 Å². The largest absolute Gasteiger partial charge is 0.270 e. The van der Waals surface area contributed by atoms with Crippen LogP contribution in [0.4, 0.5) is 5.69 Å². The molecule has 1 fully saturated rings. The highest BCUT2D eigenvalue weighted by Gasteiger charge is 2.33. The van der Waals surface area contributed by atoms with Gasteiger partial charge in [-0.15, -0.1) is 11.3 Å². The number of carbonyl (C=O) groups is 1. The van der Waals surface area contributed by atoms with Gasteiger partial charge in [-0.3, -0.25) is 9.69 Å². The van der Waals surface area contributed by atoms with Crippen LogP contribution >= 0.6 is 35.3 Å². The third kappa shape index (κ3) is 2.95. The topological polar surface area (TPSA) is 20.3 Å². The Kier molecular flexibility index (Phi) is 4.24. The molecule has 2 heterocycles. The Morgan fingerprint density at radius 3 is 2.62 bits per heavy atom. The molecule has 0 N–H and O–H groups in total. The smallest absolute Gasteiger partial charge is 0.268 e. The highest BCUT2D eigenvalue weighted by atomic mass is 32.2. The van der Waals surface area contributed by atoms with Gasteiger partial charge in [0, 0.05) is 4.88 Å². The Bertz CT molecular complexity index is 702. The number of thioether (sulfide) groups is 1. The number of thiocarbonyl (C=S) groups is 1. The van der Waals surface area contributed by atoms with E-state index >= 15 is 0 Å². The van der Waals surface area contributed by atoms with Gasteiger partial charge in [0.15, 0.2) is 4.32 Å². The van der Waals surface area contributed by atoms with E-state index in [0.717, 1.165) is 17.0 Å². The molecule has 3 rings (SSSR count). The van der Waals surface area contributed by atoms with Gasteiger partial charge in [0.25, 0.3) is 5.91 Å². The summed E-state index contributed by atoms with van der Waals surface area (Å²) >= 11 is 8.34. The molecule has 2 aromatic rings. The molecule has 1 aromatic carbocycles. The van der Waals surface area contributed by atoms with Crippen LogP contribution in [0.3, 0.4) is 0 Å². The second-order valence-corrected chi connectivity index (χ2v) is 7.21. The fourth-order valence-electron chi connectivity index (χ4n) is 2.07. The first-order valence-electron chi connectivity index (χ1n) is 6.59. The van der Waals surface area contributed by atoms with Crippen LogP contribution in [0.25, 0.3) is 6.08 Å². The Balaban J connectivity index is 1.90. The lowest BCUT2D eigenvalue weighted by Crippen LogP contribution is -2.27. The van der Waals surface area contributed by atoms with Crippen LogP contribution in [0, 0.1) is 0 Å². The fourth-order valence-corrected chi connectivity index (χ4v) is 4.10. The van der Waals surface area contributed by atoms with Gasteiger partial charge in [0.1, 0.15) is 0 Å². The van der Waals surface area contributed by atoms with Crippen molar-refractivity contribution >= 4 is 57.3 Å². The van der Waals surface area contributed by atoms with Crippen LogP contribution < -0.4 is 4.90 Å². The van der Waals surface area contributed by atoms with E-state index in [1.54, 1.807) is 16.2 Å². The van der Waals surface area contributed by atoms with E-state index in [1.807, 2.05) is 47.9 Å². The van der Waals surface area contributed by atoms with Crippen LogP contribution in [0.1, 0.15) is 17.4 Å². The zero-order chi connectivity index (χ0) is 14.8. The maximum absolute atomic E-state index is 12.6. The molecule has 0 saturated carbocycles. The monoisotopic (exact) mass is 331 g/mol. The summed E-state index contributed by atoms with van der Waals surface area (Å²) in [6.07, 6.45) is 2.89. The summed E-state index contributed by atoms with van der Waals surface area (Å²) < 4.78 is 0.590. The minimum absolute atomic E-state index is 0.0392. The molecular weight excluding hydrogens is 318 g/mol. The Labute approximate surface area is 137 Å². The number of benzene rings is 1. The van der Waals surface area contributed by atoms with Gasteiger partial charge in [-0.2, -0.15) is 0 Å². The number of carbonyl (C=O) groups excluding carboxylic acids is 1. The van der Waals surface area contributed by atoms with Crippen LogP contribution in [0.5, 0.6) is 0 Å². The van der Waals surface area contributed by atoms with Crippen LogP contribution in [-0.4, -0.2) is 10.2 Å². The first-order valence-corrected chi connectivity index (χ1v) is 8.70. The molecule has 5 heteroatoms. The number of anilines is 1. The first kappa shape index (κ1) is 14.5. The van der Waals surface area contributed by atoms with Crippen molar-refractivity contribution < 1.29 is 4.79 Å². The number of thiophene rings is 1. The zero-order valence-corrected chi connectivity index (χ0v) is 13.9. The summed E-state index contributed by atoms with van der Waals surface area (Å²) in [5.74, 6) is -0.0392. The molecule has 1 saturated heterocycles. The number of rotatable bonds is 3. The molecule has 0 unspecified atom stereocenters. The normalized spacial score (nSPS) is 17.0. The molecule has 0 bridgehead atoms. The SMILES string of the molecule is CCc1ccc(N2C(=O)/C(=C/c3cccs3)SC2=S)cc1. The summed E-state index contributed by atoms with van der Waals surface area (Å²) in [4.78, 5) is 15.9. The highest BCUT2D eigenvalue weighted by molar-refractivity contribution is 8.27. The van der Waals surface area contributed by atoms with Crippen LogP contribution in [0.2, 0.25) is 0 Å². The van der Waals surface area contributed by atoms with E-state index in [4.69, 9.17) is 12.2 Å². The fraction of sp³-hybridized carbons (Fsp3) is 0.125. The Morgan fingerprint density at radius 1 is 1.24 bits per heavy atom. The van der Waals surface area contributed by atoms with E-state index in [-0.39, 0.29) is 5.91 Å². The minimum Gasteiger partial charge on any atom is -0.268 e. The van der Waals surface area contributed by atoms with Crippen LogP contribution in [-0.2, 0) is 11.2 Å². The van der Waals surface area contributed by atoms with Crippen LogP contribution in [0.15, 0.2) is 46.7 Å². The lowest BCUT2D eigenvalue weighted by Gasteiger charge is -2.14. The number of aryl methyl sites for hydroxylation is 1. The third-order valence-corrected chi connectivity index (χ3v) is 5.33. The number of hydrogen-bond acceptors (Lipinski definition) is 4. The summed E-state index contributed by atoms with van der Waals surface area (Å²) in [6.45, 7) is 2.11. The molecule has 21 heavy (non-hydrogen) atoms. The van der Waals surface area contributed by atoms with E-state index in [1.165, 1.54) is 17.3 Å². The molecule has 1 amide bonds. The average molecular weight is 331 g/mol. The van der Waals surface area contributed by atoms with E-state index in [9.17, 15) is 4.79 Å². The van der Waals surface area contributed by atoms with Crippen molar-refractivity contribution in [1.29, 1.82) is 0 Å². The third-order valence-electron chi connectivity index (χ3n) is 3.21. The van der Waals surface area contributed by atoms with Crippen molar-refractivity contribution in [2.45, 2.75) is 13.3 Å². The lowest BCUT2D eigenvalue weighted by atomic mass is 10.1. The predicted molar refractivity (Wildman–Crippen MR) is 95.8 cm³/mol. The number of hydrogen-bond donors (Lipinski definition) is 0. The van der Waals surface area contributed by atoms with Gasteiger partial charge < -0.3 is 0 Å². The van der Waals surface area contributed by atoms with E-state index in [2.05, 4.69) is 6.92 Å². The van der Waals surface area contributed by atoms with Gasteiger partial charge in [-0.1, -0.05) is 49.1 Å². The maximum atomic E-state index is 12.6. The van der Waals surface area contributed by atoms with Crippen molar-refractivity contribution in [2.75, 3.05) is 4.90 Å². The Morgan fingerprint density at radius 2 is 2.00 bits per heavy atom. The molecule has 1 aromatic heterocycles. The highest BCUT2D eigenvalue weighted by Crippen LogP contribution is 2.36. The molecule has 2 nitrogen and oxygen atoms in total. The van der Waals surface area contributed by atoms with Gasteiger partial charge in [-0.25, -0.2) is 0 Å². The molecule has 0 radical (unpaired) electrons. The van der Waals surface area contributed by atoms with E-state index < -0.39 is 0 Å². The van der Waals surface area contributed by atoms with Crippen molar-refractivity contribution in [3.8, 4) is 0 Å². The zero-order valence-electron chi connectivity index (χ0n) is 11.4. The lowest BCUT2D eigenvalue weighted by molar-refractivity contribution is -0.113. The second-order valence-electron chi connectivity index (χ2n) is 4.55. The average Bonchev–Trinajstić information content (AvgIpc) is 3.09. The second kappa shape index (κ2) is 6.13. The molecule has 0 spiro atoms. The summed E-state index contributed by atoms with van der Waals surface area (Å²) in [5, 5.41) is 2.00. The van der Waals surface area contributed by atoms with Gasteiger partial charge in [0.2, 0.25) is 0 Å². The summed E-state index contributed by atoms with van der Waals surface area (Å²) in [7, 11) is 0. The summed E-state index contributed by atoms with van der Waals surface area (Å²) in [6, 6.07) is 12.0. The summed E-state index contributed by atoms with van der Waals surface area (Å²) in [5.41, 5.74) is 2.09. The molecule has 0 atom stereocenters. The molecule has 0 aliphatic carbocycles. The molecule has 106 valence electrons. The minimum atomic E-state index is -0.0392. The van der Waals surface area contributed by atoms with Gasteiger partial charge in [0.05, 0.1) is 10.6 Å². The molecule has 1 aliphatic rings. The quantitative estimate of drug-likeness (QED) is 0.600. The molecule has 1 aliphatic heterocycles. The van der Waals surface area contributed by atoms with Gasteiger partial charge in [-0.05, 0) is 41.6 Å². The predicted octanol–water partition coefficient (Wildman–Crippen LogP) is 4.72. The number of nitrogens with zero attached hydrogens (tertiary/aromatic N) is 1. The van der Waals surface area contributed by atoms with Crippen molar-refractivity contribution in [2.24, 2.45) is 0 Å². The Hall–Kier alpha value is -1.43. The standard InChI is InChI=1S/C16H13NOS3/c1-2-11-5-7-12(8-6-11)17-15(18)14(21-16(17)19)10-13-4-3-9-20-13/h3-10H,2H2,1H3/b14-10-. The molecular formula is C16H13NOS3. The number of amides is 1. The maximum Gasteiger partial charge on any atom is 0.270 e. The van der Waals surface area contributed by atoms with Crippen molar-refractivity contribution in [3.63, 3.8) is 0 Å².